The second-order valence-corrected chi connectivity index (χ2v) is 12.6. The summed E-state index contributed by atoms with van der Waals surface area (Å²) in [6.07, 6.45) is 5.09. The number of carbonyl (C=O) groups is 1. The molecule has 2 atom stereocenters. The van der Waals surface area contributed by atoms with Crippen LogP contribution in [-0.4, -0.2) is 29.7 Å². The van der Waals surface area contributed by atoms with Crippen LogP contribution in [0.25, 0.3) is 0 Å². The number of hydrogen-bond donors (Lipinski definition) is 2. The van der Waals surface area contributed by atoms with Gasteiger partial charge in [0.1, 0.15) is 0 Å². The van der Waals surface area contributed by atoms with E-state index in [2.05, 4.69) is 10.3 Å². The van der Waals surface area contributed by atoms with E-state index in [9.17, 15) is 31.5 Å². The molecule has 2 aliphatic carbocycles. The highest BCUT2D eigenvalue weighted by Gasteiger charge is 2.57. The average molecular weight is 565 g/mol. The second kappa shape index (κ2) is 9.66. The molecule has 0 radical (unpaired) electrons. The summed E-state index contributed by atoms with van der Waals surface area (Å²) >= 11 is 6.28. The first-order valence-electron chi connectivity index (χ1n) is 12.1. The second-order valence-electron chi connectivity index (χ2n) is 9.98. The Kier molecular flexibility index (Phi) is 6.77. The molecule has 2 N–H and O–H groups in total. The lowest BCUT2D eigenvalue weighted by Gasteiger charge is -2.43. The number of sulfone groups is 1. The number of amides is 1. The van der Waals surface area contributed by atoms with E-state index in [1.807, 2.05) is 6.92 Å². The minimum atomic E-state index is -4.01. The van der Waals surface area contributed by atoms with Crippen molar-refractivity contribution in [1.82, 2.24) is 4.98 Å². The largest absolute Gasteiger partial charge is 0.385 e. The van der Waals surface area contributed by atoms with Crippen LogP contribution in [0.2, 0.25) is 5.02 Å². The van der Waals surface area contributed by atoms with Crippen LogP contribution in [0.5, 0.6) is 0 Å². The van der Waals surface area contributed by atoms with E-state index in [0.717, 1.165) is 17.2 Å². The van der Waals surface area contributed by atoms with Crippen molar-refractivity contribution in [2.45, 2.75) is 48.4 Å². The predicted octanol–water partition coefficient (Wildman–Crippen LogP) is 5.56. The molecule has 1 aromatic heterocycles. The number of halogens is 4. The van der Waals surface area contributed by atoms with Crippen LogP contribution in [0.15, 0.2) is 53.7 Å². The molecule has 2 saturated carbocycles. The molecule has 6 nitrogen and oxygen atoms in total. The van der Waals surface area contributed by atoms with Gasteiger partial charge in [0.15, 0.2) is 27.3 Å². The lowest BCUT2D eigenvalue weighted by molar-refractivity contribution is -0.0652. The molecule has 1 heterocycles. The van der Waals surface area contributed by atoms with Crippen LogP contribution in [0, 0.1) is 36.2 Å². The molecular formula is C27H24ClF3N2O4S. The van der Waals surface area contributed by atoms with Crippen LogP contribution < -0.4 is 5.32 Å². The maximum atomic E-state index is 13.8. The average Bonchev–Trinajstić information content (AvgIpc) is 3.03. The maximum Gasteiger partial charge on any atom is 0.255 e. The molecule has 200 valence electrons. The van der Waals surface area contributed by atoms with Gasteiger partial charge in [0, 0.05) is 35.8 Å². The van der Waals surface area contributed by atoms with Crippen LogP contribution in [0.1, 0.15) is 47.2 Å². The smallest absolute Gasteiger partial charge is 0.255 e. The third kappa shape index (κ3) is 4.38. The topological polar surface area (TPSA) is 96.4 Å². The standard InChI is InChI=1S/C27H24ClF3N2O4S/c1-14-13-32-7-6-20(14)27(35)16-3-4-17(27)10-19(9-16)38(36,37)24-8-15(2-5-21(24)28)26(34)33-18-11-22(29)25(31)23(30)12-18/h2,5-8,11-13,16-17,19,35H,3-4,9-10H2,1H3,(H,33,34)/t16?,17?,19-,27-. The normalized spacial score (nSPS) is 24.8. The molecule has 11 heteroatoms. The van der Waals surface area contributed by atoms with Crippen molar-refractivity contribution >= 4 is 33.0 Å². The molecule has 0 aliphatic heterocycles. The van der Waals surface area contributed by atoms with E-state index < -0.39 is 44.0 Å². The first-order valence-corrected chi connectivity index (χ1v) is 14.0. The third-order valence-corrected chi connectivity index (χ3v) is 10.5. The van der Waals surface area contributed by atoms with Gasteiger partial charge in [0.05, 0.1) is 20.8 Å². The Hall–Kier alpha value is -2.95. The van der Waals surface area contributed by atoms with Gasteiger partial charge < -0.3 is 10.4 Å². The Labute approximate surface area is 222 Å². The highest BCUT2D eigenvalue weighted by Crippen LogP contribution is 2.57. The fourth-order valence-corrected chi connectivity index (χ4v) is 8.39. The lowest BCUT2D eigenvalue weighted by Crippen LogP contribution is -2.46. The van der Waals surface area contributed by atoms with Gasteiger partial charge in [-0.25, -0.2) is 21.6 Å². The zero-order chi connectivity index (χ0) is 27.4. The van der Waals surface area contributed by atoms with Gasteiger partial charge in [0.25, 0.3) is 5.91 Å². The van der Waals surface area contributed by atoms with Crippen molar-refractivity contribution in [3.8, 4) is 0 Å². The number of benzene rings is 2. The van der Waals surface area contributed by atoms with Crippen LogP contribution >= 0.6 is 11.6 Å². The summed E-state index contributed by atoms with van der Waals surface area (Å²) < 4.78 is 67.8. The summed E-state index contributed by atoms with van der Waals surface area (Å²) in [5, 5.41) is 13.1. The number of aliphatic hydroxyl groups is 1. The molecule has 2 bridgehead atoms. The minimum absolute atomic E-state index is 0.0708. The SMILES string of the molecule is Cc1cnccc1[C@]1(O)C2CCC1C[C@@H](S(=O)(=O)c1cc(C(=O)Nc3cc(F)c(F)c(F)c3)ccc1Cl)C2. The quantitative estimate of drug-likeness (QED) is 0.395. The van der Waals surface area contributed by atoms with Gasteiger partial charge in [0.2, 0.25) is 0 Å². The number of nitrogens with one attached hydrogen (secondary N) is 1. The molecule has 0 spiro atoms. The van der Waals surface area contributed by atoms with E-state index in [-0.39, 0.29) is 45.8 Å². The fraction of sp³-hybridized carbons (Fsp3) is 0.333. The number of nitrogens with zero attached hydrogens (tertiary/aromatic N) is 1. The Balaban J connectivity index is 1.41. The van der Waals surface area contributed by atoms with Crippen LogP contribution in [-0.2, 0) is 15.4 Å². The Morgan fingerprint density at radius 3 is 2.32 bits per heavy atom. The van der Waals surface area contributed by atoms with E-state index in [1.54, 1.807) is 18.5 Å². The molecule has 0 saturated heterocycles. The number of hydrogen-bond acceptors (Lipinski definition) is 5. The van der Waals surface area contributed by atoms with Gasteiger partial charge in [-0.2, -0.15) is 0 Å². The molecule has 3 aromatic rings. The summed E-state index contributed by atoms with van der Waals surface area (Å²) in [4.78, 5) is 16.6. The maximum absolute atomic E-state index is 13.8. The van der Waals surface area contributed by atoms with Crippen molar-refractivity contribution in [3.63, 3.8) is 0 Å². The van der Waals surface area contributed by atoms with Gasteiger partial charge in [-0.15, -0.1) is 0 Å². The monoisotopic (exact) mass is 564 g/mol. The van der Waals surface area contributed by atoms with Crippen molar-refractivity contribution in [1.29, 1.82) is 0 Å². The van der Waals surface area contributed by atoms with Gasteiger partial charge in [-0.05, 0) is 79.8 Å². The fourth-order valence-electron chi connectivity index (χ4n) is 5.99. The lowest BCUT2D eigenvalue weighted by atomic mass is 9.69. The highest BCUT2D eigenvalue weighted by atomic mass is 35.5. The zero-order valence-electron chi connectivity index (χ0n) is 20.2. The van der Waals surface area contributed by atoms with Crippen molar-refractivity contribution in [3.05, 3.63) is 88.0 Å². The first kappa shape index (κ1) is 26.6. The van der Waals surface area contributed by atoms with Gasteiger partial charge >= 0.3 is 0 Å². The molecule has 2 aromatic carbocycles. The van der Waals surface area contributed by atoms with E-state index in [4.69, 9.17) is 11.6 Å². The number of aromatic nitrogens is 1. The zero-order valence-corrected chi connectivity index (χ0v) is 21.8. The van der Waals surface area contributed by atoms with Crippen LogP contribution in [0.3, 0.4) is 0 Å². The highest BCUT2D eigenvalue weighted by molar-refractivity contribution is 7.92. The first-order chi connectivity index (χ1) is 17.9. The summed E-state index contributed by atoms with van der Waals surface area (Å²) in [5.41, 5.74) is 0.0165. The number of aryl methyl sites for hydroxylation is 1. The summed E-state index contributed by atoms with van der Waals surface area (Å²) in [6, 6.07) is 6.69. The van der Waals surface area contributed by atoms with Crippen molar-refractivity contribution < 1.29 is 31.5 Å². The Morgan fingerprint density at radius 2 is 1.71 bits per heavy atom. The minimum Gasteiger partial charge on any atom is -0.385 e. The van der Waals surface area contributed by atoms with E-state index in [0.29, 0.717) is 25.0 Å². The number of anilines is 1. The summed E-state index contributed by atoms with van der Waals surface area (Å²) in [7, 11) is -4.01. The van der Waals surface area contributed by atoms with E-state index >= 15 is 0 Å². The molecule has 5 rings (SSSR count). The number of pyridine rings is 1. The summed E-state index contributed by atoms with van der Waals surface area (Å²) in [5.74, 6) is -6.04. The van der Waals surface area contributed by atoms with Crippen molar-refractivity contribution in [2.75, 3.05) is 5.32 Å². The predicted molar refractivity (Wildman–Crippen MR) is 135 cm³/mol. The Bertz CT molecular complexity index is 1510. The van der Waals surface area contributed by atoms with Crippen LogP contribution in [0.4, 0.5) is 18.9 Å². The molecule has 2 fully saturated rings. The van der Waals surface area contributed by atoms with Crippen molar-refractivity contribution in [2.24, 2.45) is 11.8 Å². The molecule has 2 aliphatic rings. The number of carbonyl (C=O) groups excluding carboxylic acids is 1. The molecular weight excluding hydrogens is 541 g/mol. The Morgan fingerprint density at radius 1 is 1.08 bits per heavy atom. The van der Waals surface area contributed by atoms with Gasteiger partial charge in [-0.3, -0.25) is 9.78 Å². The molecule has 1 amide bonds. The third-order valence-electron chi connectivity index (χ3n) is 7.84. The molecule has 38 heavy (non-hydrogen) atoms. The number of rotatable bonds is 5. The molecule has 2 unspecified atom stereocenters. The van der Waals surface area contributed by atoms with E-state index in [1.165, 1.54) is 12.1 Å². The number of fused-ring (bicyclic) bond motifs is 2. The van der Waals surface area contributed by atoms with Gasteiger partial charge in [-0.1, -0.05) is 11.6 Å². The summed E-state index contributed by atoms with van der Waals surface area (Å²) in [6.45, 7) is 1.87.